The molecule has 1 aliphatic heterocycles. The molecule has 0 bridgehead atoms. The second-order valence-electron chi connectivity index (χ2n) is 14.3. The minimum atomic E-state index is -0.567. The summed E-state index contributed by atoms with van der Waals surface area (Å²) in [5, 5.41) is 7.42. The molecule has 0 unspecified atom stereocenters. The number of benzene rings is 7. The largest absolute Gasteiger partial charge is 0.494 e. The molecule has 0 amide bonds. The fourth-order valence-electron chi connectivity index (χ4n) is 7.09. The van der Waals surface area contributed by atoms with Gasteiger partial charge in [0.2, 0.25) is 0 Å². The number of nitrogens with zero attached hydrogens (tertiary/aromatic N) is 3. The summed E-state index contributed by atoms with van der Waals surface area (Å²) in [5.41, 5.74) is 4.74. The number of rotatable bonds is 5. The van der Waals surface area contributed by atoms with Gasteiger partial charge in [0, 0.05) is 16.7 Å². The average molecular weight is 662 g/mol. The van der Waals surface area contributed by atoms with Gasteiger partial charge in [-0.3, -0.25) is 0 Å². The zero-order valence-electron chi connectivity index (χ0n) is 29.1. The summed E-state index contributed by atoms with van der Waals surface area (Å²) in [4.78, 5) is 15.1. The lowest BCUT2D eigenvalue weighted by Crippen LogP contribution is -2.41. The van der Waals surface area contributed by atoms with Gasteiger partial charge in [-0.25, -0.2) is 15.0 Å². The highest BCUT2D eigenvalue weighted by Crippen LogP contribution is 2.39. The van der Waals surface area contributed by atoms with E-state index in [2.05, 4.69) is 113 Å². The standard InChI is InChI=1S/C45H36BN3O2/c1-44(2)45(3,4)51-46(50-44)34-26-32(31-23-24-39-37-21-12-11-19-35(37)36-20-13-14-22-38(36)40(39)28-31)25-33(27-34)43-48-41(29-15-7-5-8-16-29)47-42(49-43)30-17-9-6-10-18-30/h5-28H,1-4H3. The van der Waals surface area contributed by atoms with Crippen LogP contribution in [0.2, 0.25) is 0 Å². The van der Waals surface area contributed by atoms with E-state index in [4.69, 9.17) is 24.3 Å². The van der Waals surface area contributed by atoms with E-state index in [1.807, 2.05) is 60.7 Å². The Morgan fingerprint density at radius 1 is 0.373 bits per heavy atom. The van der Waals surface area contributed by atoms with Crippen LogP contribution in [0, 0.1) is 0 Å². The summed E-state index contributed by atoms with van der Waals surface area (Å²) in [6.45, 7) is 8.34. The van der Waals surface area contributed by atoms with Gasteiger partial charge in [-0.15, -0.1) is 0 Å². The summed E-state index contributed by atoms with van der Waals surface area (Å²) < 4.78 is 13.2. The molecule has 0 radical (unpaired) electrons. The second-order valence-corrected chi connectivity index (χ2v) is 14.3. The molecular formula is C45H36BN3O2. The fraction of sp³-hybridized carbons (Fsp3) is 0.133. The first-order chi connectivity index (χ1) is 24.7. The van der Waals surface area contributed by atoms with Crippen molar-refractivity contribution in [1.82, 2.24) is 15.0 Å². The molecule has 2 heterocycles. The van der Waals surface area contributed by atoms with E-state index in [1.54, 1.807) is 0 Å². The predicted molar refractivity (Wildman–Crippen MR) is 210 cm³/mol. The number of hydrogen-bond acceptors (Lipinski definition) is 5. The van der Waals surface area contributed by atoms with Crippen LogP contribution in [0.25, 0.3) is 77.6 Å². The molecule has 1 fully saturated rings. The lowest BCUT2D eigenvalue weighted by molar-refractivity contribution is 0.00578. The topological polar surface area (TPSA) is 57.1 Å². The van der Waals surface area contributed by atoms with Crippen molar-refractivity contribution in [3.05, 3.63) is 146 Å². The van der Waals surface area contributed by atoms with Crippen molar-refractivity contribution < 1.29 is 9.31 Å². The Hall–Kier alpha value is -5.69. The maximum absolute atomic E-state index is 6.62. The Bertz CT molecular complexity index is 2500. The molecule has 0 saturated carbocycles. The summed E-state index contributed by atoms with van der Waals surface area (Å²) in [6.07, 6.45) is 0. The highest BCUT2D eigenvalue weighted by Gasteiger charge is 2.51. The molecular weight excluding hydrogens is 625 g/mol. The van der Waals surface area contributed by atoms with Gasteiger partial charge in [-0.05, 0) is 88.7 Å². The van der Waals surface area contributed by atoms with Gasteiger partial charge in [-0.1, -0.05) is 133 Å². The third-order valence-corrected chi connectivity index (χ3v) is 10.5. The van der Waals surface area contributed by atoms with Crippen LogP contribution in [-0.4, -0.2) is 33.3 Å². The lowest BCUT2D eigenvalue weighted by Gasteiger charge is -2.32. The van der Waals surface area contributed by atoms with Crippen LogP contribution < -0.4 is 5.46 Å². The Morgan fingerprint density at radius 2 is 0.784 bits per heavy atom. The van der Waals surface area contributed by atoms with Crippen LogP contribution in [0.3, 0.4) is 0 Å². The van der Waals surface area contributed by atoms with Crippen molar-refractivity contribution in [3.63, 3.8) is 0 Å². The molecule has 1 aliphatic rings. The third-order valence-electron chi connectivity index (χ3n) is 10.5. The van der Waals surface area contributed by atoms with Crippen LogP contribution in [0.5, 0.6) is 0 Å². The predicted octanol–water partition coefficient (Wildman–Crippen LogP) is 10.3. The molecule has 0 atom stereocenters. The van der Waals surface area contributed by atoms with Gasteiger partial charge >= 0.3 is 7.12 Å². The van der Waals surface area contributed by atoms with Gasteiger partial charge < -0.3 is 9.31 Å². The van der Waals surface area contributed by atoms with Crippen molar-refractivity contribution in [1.29, 1.82) is 0 Å². The average Bonchev–Trinajstić information content (AvgIpc) is 3.40. The normalized spacial score (nSPS) is 15.2. The molecule has 6 heteroatoms. The van der Waals surface area contributed by atoms with Crippen molar-refractivity contribution in [2.24, 2.45) is 0 Å². The Kier molecular flexibility index (Phi) is 7.35. The van der Waals surface area contributed by atoms with Gasteiger partial charge in [0.25, 0.3) is 0 Å². The molecule has 0 N–H and O–H groups in total. The van der Waals surface area contributed by atoms with Crippen LogP contribution in [0.15, 0.2) is 146 Å². The molecule has 1 aromatic heterocycles. The summed E-state index contributed by atoms with van der Waals surface area (Å²) in [7, 11) is -0.567. The van der Waals surface area contributed by atoms with E-state index >= 15 is 0 Å². The monoisotopic (exact) mass is 661 g/mol. The van der Waals surface area contributed by atoms with Crippen molar-refractivity contribution >= 4 is 44.9 Å². The number of fused-ring (bicyclic) bond motifs is 6. The molecule has 1 saturated heterocycles. The van der Waals surface area contributed by atoms with E-state index in [-0.39, 0.29) is 0 Å². The van der Waals surface area contributed by atoms with Crippen LogP contribution in [0.4, 0.5) is 0 Å². The van der Waals surface area contributed by atoms with E-state index in [1.165, 1.54) is 32.3 Å². The van der Waals surface area contributed by atoms with Crippen LogP contribution in [0.1, 0.15) is 27.7 Å². The second kappa shape index (κ2) is 12.0. The molecule has 0 spiro atoms. The summed E-state index contributed by atoms with van der Waals surface area (Å²) in [6, 6.07) is 50.7. The zero-order chi connectivity index (χ0) is 34.7. The molecule has 51 heavy (non-hydrogen) atoms. The first-order valence-electron chi connectivity index (χ1n) is 17.5. The maximum atomic E-state index is 6.62. The summed E-state index contributed by atoms with van der Waals surface area (Å²) >= 11 is 0. The first kappa shape index (κ1) is 31.3. The minimum Gasteiger partial charge on any atom is -0.399 e. The van der Waals surface area contributed by atoms with Crippen LogP contribution in [-0.2, 0) is 9.31 Å². The smallest absolute Gasteiger partial charge is 0.399 e. The van der Waals surface area contributed by atoms with Crippen molar-refractivity contribution in [3.8, 4) is 45.3 Å². The lowest BCUT2D eigenvalue weighted by atomic mass is 9.76. The van der Waals surface area contributed by atoms with Gasteiger partial charge in [0.1, 0.15) is 0 Å². The molecule has 7 aromatic carbocycles. The van der Waals surface area contributed by atoms with E-state index in [0.29, 0.717) is 17.5 Å². The number of aromatic nitrogens is 3. The first-order valence-corrected chi connectivity index (χ1v) is 17.5. The molecule has 0 aliphatic carbocycles. The van der Waals surface area contributed by atoms with E-state index in [9.17, 15) is 0 Å². The molecule has 9 rings (SSSR count). The Balaban J connectivity index is 1.28. The summed E-state index contributed by atoms with van der Waals surface area (Å²) in [5.74, 6) is 1.82. The molecule has 8 aromatic rings. The highest BCUT2D eigenvalue weighted by atomic mass is 16.7. The van der Waals surface area contributed by atoms with E-state index in [0.717, 1.165) is 33.3 Å². The molecule has 5 nitrogen and oxygen atoms in total. The molecule has 246 valence electrons. The minimum absolute atomic E-state index is 0.495. The highest BCUT2D eigenvalue weighted by molar-refractivity contribution is 6.62. The SMILES string of the molecule is CC1(C)OB(c2cc(-c3ccc4c5ccccc5c5ccccc5c4c3)cc(-c3nc(-c4ccccc4)nc(-c4ccccc4)n3)c2)OC1(C)C. The van der Waals surface area contributed by atoms with Crippen molar-refractivity contribution in [2.45, 2.75) is 38.9 Å². The zero-order valence-corrected chi connectivity index (χ0v) is 29.1. The third kappa shape index (κ3) is 5.48. The van der Waals surface area contributed by atoms with Gasteiger partial charge in [-0.2, -0.15) is 0 Å². The fourth-order valence-corrected chi connectivity index (χ4v) is 7.09. The maximum Gasteiger partial charge on any atom is 0.494 e. The van der Waals surface area contributed by atoms with E-state index < -0.39 is 18.3 Å². The van der Waals surface area contributed by atoms with Crippen LogP contribution >= 0.6 is 0 Å². The van der Waals surface area contributed by atoms with Crippen molar-refractivity contribution in [2.75, 3.05) is 0 Å². The number of hydrogen-bond donors (Lipinski definition) is 0. The van der Waals surface area contributed by atoms with Gasteiger partial charge in [0.05, 0.1) is 11.2 Å². The van der Waals surface area contributed by atoms with Gasteiger partial charge in [0.15, 0.2) is 17.5 Å². The quantitative estimate of drug-likeness (QED) is 0.136. The Labute approximate surface area is 298 Å². The Morgan fingerprint density at radius 3 is 1.29 bits per heavy atom.